The number of rotatable bonds is 5. The van der Waals surface area contributed by atoms with Crippen LogP contribution in [-0.4, -0.2) is 24.0 Å². The van der Waals surface area contributed by atoms with Gasteiger partial charge in [-0.25, -0.2) is 0 Å². The highest BCUT2D eigenvalue weighted by Crippen LogP contribution is 2.21. The fourth-order valence-electron chi connectivity index (χ4n) is 1.77. The minimum Gasteiger partial charge on any atom is -0.352 e. The molecule has 0 bridgehead atoms. The number of hydrogen-bond acceptors (Lipinski definition) is 4. The molecule has 0 spiro atoms. The Labute approximate surface area is 116 Å². The highest BCUT2D eigenvalue weighted by Gasteiger charge is 2.10. The summed E-state index contributed by atoms with van der Waals surface area (Å²) in [5.41, 5.74) is 8.75. The molecule has 3 N–H and O–H groups in total. The monoisotopic (exact) mass is 275 g/mol. The van der Waals surface area contributed by atoms with Crippen molar-refractivity contribution < 1.29 is 4.79 Å². The summed E-state index contributed by atoms with van der Waals surface area (Å²) in [5, 5.41) is 6.90. The van der Waals surface area contributed by atoms with Crippen molar-refractivity contribution in [3.8, 4) is 11.3 Å². The predicted molar refractivity (Wildman–Crippen MR) is 78.3 cm³/mol. The number of hydrogen-bond donors (Lipinski definition) is 2. The normalized spacial score (nSPS) is 10.4. The SMILES string of the molecule is Cc1nc(-c2ccsc2)ccc1C(=O)NCCCN. The van der Waals surface area contributed by atoms with Crippen LogP contribution in [-0.2, 0) is 0 Å². The van der Waals surface area contributed by atoms with Gasteiger partial charge in [0.25, 0.3) is 5.91 Å². The summed E-state index contributed by atoms with van der Waals surface area (Å²) in [6.45, 7) is 3.03. The van der Waals surface area contributed by atoms with Gasteiger partial charge in [-0.1, -0.05) is 0 Å². The zero-order valence-electron chi connectivity index (χ0n) is 10.8. The third-order valence-electron chi connectivity index (χ3n) is 2.81. The van der Waals surface area contributed by atoms with Crippen molar-refractivity contribution in [1.82, 2.24) is 10.3 Å². The fourth-order valence-corrected chi connectivity index (χ4v) is 2.42. The minimum absolute atomic E-state index is 0.0877. The fraction of sp³-hybridized carbons (Fsp3) is 0.286. The Morgan fingerprint density at radius 2 is 2.26 bits per heavy atom. The second kappa shape index (κ2) is 6.45. The molecule has 2 rings (SSSR count). The second-order valence-electron chi connectivity index (χ2n) is 4.24. The molecule has 2 aromatic heterocycles. The molecule has 0 aliphatic carbocycles. The van der Waals surface area contributed by atoms with Crippen LogP contribution >= 0.6 is 11.3 Å². The summed E-state index contributed by atoms with van der Waals surface area (Å²) < 4.78 is 0. The molecule has 0 aliphatic heterocycles. The molecule has 1 amide bonds. The molecule has 0 saturated heterocycles. The molecule has 0 radical (unpaired) electrons. The number of nitrogens with one attached hydrogen (secondary N) is 1. The van der Waals surface area contributed by atoms with E-state index in [9.17, 15) is 4.79 Å². The van der Waals surface area contributed by atoms with Crippen LogP contribution in [0.15, 0.2) is 29.0 Å². The molecule has 0 aromatic carbocycles. The van der Waals surface area contributed by atoms with Gasteiger partial charge in [-0.15, -0.1) is 0 Å². The molecule has 100 valence electrons. The van der Waals surface area contributed by atoms with E-state index < -0.39 is 0 Å². The lowest BCUT2D eigenvalue weighted by Gasteiger charge is -2.08. The van der Waals surface area contributed by atoms with Gasteiger partial charge in [-0.3, -0.25) is 9.78 Å². The summed E-state index contributed by atoms with van der Waals surface area (Å²) in [5.74, 6) is -0.0877. The van der Waals surface area contributed by atoms with E-state index in [1.807, 2.05) is 35.9 Å². The van der Waals surface area contributed by atoms with Crippen molar-refractivity contribution in [2.75, 3.05) is 13.1 Å². The molecule has 0 fully saturated rings. The molecule has 2 heterocycles. The number of nitrogens with zero attached hydrogens (tertiary/aromatic N) is 1. The third kappa shape index (κ3) is 3.39. The second-order valence-corrected chi connectivity index (χ2v) is 5.02. The average Bonchev–Trinajstić information content (AvgIpc) is 2.92. The van der Waals surface area contributed by atoms with E-state index in [0.717, 1.165) is 23.4 Å². The first-order valence-corrected chi connectivity index (χ1v) is 7.15. The summed E-state index contributed by atoms with van der Waals surface area (Å²) in [6.07, 6.45) is 0.783. The van der Waals surface area contributed by atoms with Crippen molar-refractivity contribution in [2.45, 2.75) is 13.3 Å². The number of carbonyl (C=O) groups excluding carboxylic acids is 1. The van der Waals surface area contributed by atoms with Crippen molar-refractivity contribution in [1.29, 1.82) is 0 Å². The number of aromatic nitrogens is 1. The topological polar surface area (TPSA) is 68.0 Å². The van der Waals surface area contributed by atoms with Gasteiger partial charge in [-0.2, -0.15) is 11.3 Å². The number of aryl methyl sites for hydroxylation is 1. The van der Waals surface area contributed by atoms with E-state index in [0.29, 0.717) is 18.7 Å². The Morgan fingerprint density at radius 1 is 1.42 bits per heavy atom. The Balaban J connectivity index is 2.13. The van der Waals surface area contributed by atoms with Gasteiger partial charge in [0, 0.05) is 17.5 Å². The van der Waals surface area contributed by atoms with Crippen molar-refractivity contribution >= 4 is 17.2 Å². The van der Waals surface area contributed by atoms with Crippen molar-refractivity contribution in [2.24, 2.45) is 5.73 Å². The molecule has 19 heavy (non-hydrogen) atoms. The number of amides is 1. The van der Waals surface area contributed by atoms with Gasteiger partial charge in [0.05, 0.1) is 17.0 Å². The van der Waals surface area contributed by atoms with Crippen LogP contribution in [0.4, 0.5) is 0 Å². The van der Waals surface area contributed by atoms with Crippen LogP contribution in [0.25, 0.3) is 11.3 Å². The first-order valence-electron chi connectivity index (χ1n) is 6.21. The standard InChI is InChI=1S/C14H17N3OS/c1-10-12(14(18)16-7-2-6-15)3-4-13(17-10)11-5-8-19-9-11/h3-5,8-9H,2,6-7,15H2,1H3,(H,16,18). The molecule has 5 heteroatoms. The molecule has 0 atom stereocenters. The van der Waals surface area contributed by atoms with Gasteiger partial charge >= 0.3 is 0 Å². The first kappa shape index (κ1) is 13.7. The van der Waals surface area contributed by atoms with Gasteiger partial charge in [0.2, 0.25) is 0 Å². The van der Waals surface area contributed by atoms with Crippen LogP contribution in [0.1, 0.15) is 22.5 Å². The Bertz CT molecular complexity index is 552. The van der Waals surface area contributed by atoms with Crippen LogP contribution in [0.3, 0.4) is 0 Å². The van der Waals surface area contributed by atoms with E-state index in [4.69, 9.17) is 5.73 Å². The van der Waals surface area contributed by atoms with E-state index in [1.54, 1.807) is 11.3 Å². The molecular formula is C14H17N3OS. The van der Waals surface area contributed by atoms with E-state index in [-0.39, 0.29) is 5.91 Å². The van der Waals surface area contributed by atoms with Gasteiger partial charge in [0.1, 0.15) is 0 Å². The highest BCUT2D eigenvalue weighted by molar-refractivity contribution is 7.08. The summed E-state index contributed by atoms with van der Waals surface area (Å²) >= 11 is 1.63. The van der Waals surface area contributed by atoms with Crippen LogP contribution in [0, 0.1) is 6.92 Å². The number of pyridine rings is 1. The molecule has 0 unspecified atom stereocenters. The summed E-state index contributed by atoms with van der Waals surface area (Å²) in [6, 6.07) is 5.73. The van der Waals surface area contributed by atoms with Crippen LogP contribution < -0.4 is 11.1 Å². The average molecular weight is 275 g/mol. The van der Waals surface area contributed by atoms with E-state index in [1.165, 1.54) is 0 Å². The van der Waals surface area contributed by atoms with Crippen LogP contribution in [0.2, 0.25) is 0 Å². The molecule has 4 nitrogen and oxygen atoms in total. The van der Waals surface area contributed by atoms with E-state index >= 15 is 0 Å². The highest BCUT2D eigenvalue weighted by atomic mass is 32.1. The van der Waals surface area contributed by atoms with Crippen molar-refractivity contribution in [3.05, 3.63) is 40.2 Å². The first-order chi connectivity index (χ1) is 9.22. The largest absolute Gasteiger partial charge is 0.352 e. The van der Waals surface area contributed by atoms with Crippen molar-refractivity contribution in [3.63, 3.8) is 0 Å². The zero-order valence-corrected chi connectivity index (χ0v) is 11.7. The number of carbonyl (C=O) groups is 1. The molecular weight excluding hydrogens is 258 g/mol. The summed E-state index contributed by atoms with van der Waals surface area (Å²) in [7, 11) is 0. The maximum Gasteiger partial charge on any atom is 0.253 e. The van der Waals surface area contributed by atoms with E-state index in [2.05, 4.69) is 10.3 Å². The van der Waals surface area contributed by atoms with Crippen LogP contribution in [0.5, 0.6) is 0 Å². The Morgan fingerprint density at radius 3 is 2.89 bits per heavy atom. The molecule has 0 saturated carbocycles. The minimum atomic E-state index is -0.0877. The maximum atomic E-state index is 11.9. The summed E-state index contributed by atoms with van der Waals surface area (Å²) in [4.78, 5) is 16.4. The predicted octanol–water partition coefficient (Wildman–Crippen LogP) is 2.20. The quantitative estimate of drug-likeness (QED) is 0.822. The number of nitrogens with two attached hydrogens (primary N) is 1. The maximum absolute atomic E-state index is 11.9. The zero-order chi connectivity index (χ0) is 13.7. The van der Waals surface area contributed by atoms with Gasteiger partial charge < -0.3 is 11.1 Å². The lowest BCUT2D eigenvalue weighted by molar-refractivity contribution is 0.0952. The Kier molecular flexibility index (Phi) is 4.65. The molecule has 2 aromatic rings. The lowest BCUT2D eigenvalue weighted by Crippen LogP contribution is -2.26. The third-order valence-corrected chi connectivity index (χ3v) is 3.50. The smallest absolute Gasteiger partial charge is 0.253 e. The molecule has 0 aliphatic rings. The number of thiophene rings is 1. The van der Waals surface area contributed by atoms with Gasteiger partial charge in [0.15, 0.2) is 0 Å². The lowest BCUT2D eigenvalue weighted by atomic mass is 10.1. The van der Waals surface area contributed by atoms with Gasteiger partial charge in [-0.05, 0) is 43.5 Å². The Hall–Kier alpha value is -1.72.